The molecule has 0 bridgehead atoms. The molecule has 188 valence electrons. The molecule has 0 radical (unpaired) electrons. The summed E-state index contributed by atoms with van der Waals surface area (Å²) in [5.74, 6) is -1.12. The lowest BCUT2D eigenvalue weighted by atomic mass is 9.91. The minimum absolute atomic E-state index is 0.149. The summed E-state index contributed by atoms with van der Waals surface area (Å²) in [7, 11) is 0. The van der Waals surface area contributed by atoms with E-state index in [2.05, 4.69) is 0 Å². The highest BCUT2D eigenvalue weighted by Gasteiger charge is 2.36. The zero-order valence-corrected chi connectivity index (χ0v) is 20.1. The molecule has 1 aliphatic heterocycles. The minimum Gasteiger partial charge on any atom is -0.487 e. The first-order valence-electron chi connectivity index (χ1n) is 11.2. The van der Waals surface area contributed by atoms with E-state index in [0.29, 0.717) is 29.2 Å². The normalized spacial score (nSPS) is 16.8. The molecule has 0 aliphatic carbocycles. The fourth-order valence-corrected chi connectivity index (χ4v) is 4.61. The third-order valence-electron chi connectivity index (χ3n) is 5.96. The number of hydrogen-bond donors (Lipinski definition) is 1. The van der Waals surface area contributed by atoms with Crippen LogP contribution in [0.15, 0.2) is 66.7 Å². The summed E-state index contributed by atoms with van der Waals surface area (Å²) in [6, 6.07) is 16.7. The van der Waals surface area contributed by atoms with Gasteiger partial charge in [-0.05, 0) is 66.1 Å². The quantitative estimate of drug-likeness (QED) is 0.416. The summed E-state index contributed by atoms with van der Waals surface area (Å²) in [5, 5.41) is 9.95. The molecule has 0 spiro atoms. The van der Waals surface area contributed by atoms with Crippen LogP contribution in [-0.4, -0.2) is 34.0 Å². The van der Waals surface area contributed by atoms with Crippen LogP contribution in [0.4, 0.5) is 13.2 Å². The van der Waals surface area contributed by atoms with E-state index in [4.69, 9.17) is 16.3 Å². The third-order valence-corrected chi connectivity index (χ3v) is 6.20. The monoisotopic (exact) mass is 517 g/mol. The van der Waals surface area contributed by atoms with Gasteiger partial charge in [-0.3, -0.25) is 9.59 Å². The number of alkyl halides is 3. The van der Waals surface area contributed by atoms with Crippen LogP contribution in [0.5, 0.6) is 5.75 Å². The van der Waals surface area contributed by atoms with Gasteiger partial charge in [-0.15, -0.1) is 0 Å². The van der Waals surface area contributed by atoms with Crippen LogP contribution in [0.2, 0.25) is 5.02 Å². The van der Waals surface area contributed by atoms with E-state index in [0.717, 1.165) is 28.2 Å². The molecule has 0 unspecified atom stereocenters. The molecule has 1 aliphatic rings. The van der Waals surface area contributed by atoms with E-state index in [1.807, 2.05) is 25.1 Å². The first-order chi connectivity index (χ1) is 16.9. The van der Waals surface area contributed by atoms with E-state index in [1.165, 1.54) is 12.1 Å². The van der Waals surface area contributed by atoms with E-state index in [1.54, 1.807) is 24.3 Å². The Bertz CT molecular complexity index is 1290. The molecule has 4 rings (SSSR count). The number of ether oxygens (including phenoxy) is 1. The number of carboxylic acids is 1. The van der Waals surface area contributed by atoms with Crippen LogP contribution in [0, 0.1) is 0 Å². The number of carboxylic acid groups (broad SMARTS) is 1. The molecule has 3 aromatic rings. The van der Waals surface area contributed by atoms with Gasteiger partial charge in [0.1, 0.15) is 17.9 Å². The summed E-state index contributed by atoms with van der Waals surface area (Å²) >= 11 is 6.10. The van der Waals surface area contributed by atoms with Crippen molar-refractivity contribution in [1.29, 1.82) is 0 Å². The second-order valence-corrected chi connectivity index (χ2v) is 9.54. The first-order valence-corrected chi connectivity index (χ1v) is 11.5. The molecule has 0 aromatic heterocycles. The highest BCUT2D eigenvalue weighted by molar-refractivity contribution is 6.30. The van der Waals surface area contributed by atoms with E-state index in [9.17, 15) is 27.9 Å². The molecule has 9 heteroatoms. The summed E-state index contributed by atoms with van der Waals surface area (Å²) in [6.45, 7) is 1.22. The largest absolute Gasteiger partial charge is 0.487 e. The van der Waals surface area contributed by atoms with Crippen molar-refractivity contribution in [3.63, 3.8) is 0 Å². The van der Waals surface area contributed by atoms with Gasteiger partial charge >= 0.3 is 12.1 Å². The smallest absolute Gasteiger partial charge is 0.416 e. The van der Waals surface area contributed by atoms with Gasteiger partial charge in [0.2, 0.25) is 0 Å². The molecule has 36 heavy (non-hydrogen) atoms. The maximum absolute atomic E-state index is 13.2. The number of carbonyl (C=O) groups excluding carboxylic acids is 1. The number of hydrogen-bond acceptors (Lipinski definition) is 3. The topological polar surface area (TPSA) is 66.8 Å². The predicted octanol–water partition coefficient (Wildman–Crippen LogP) is 6.02. The molecule has 1 amide bonds. The number of amides is 1. The van der Waals surface area contributed by atoms with Crippen molar-refractivity contribution in [2.24, 2.45) is 0 Å². The third kappa shape index (κ3) is 5.99. The van der Waals surface area contributed by atoms with Crippen LogP contribution in [-0.2, 0) is 30.4 Å². The Morgan fingerprint density at radius 1 is 1.06 bits per heavy atom. The van der Waals surface area contributed by atoms with Crippen molar-refractivity contribution in [1.82, 2.24) is 4.90 Å². The number of nitrogens with zero attached hydrogens (tertiary/aromatic N) is 1. The number of aliphatic carboxylic acids is 1. The van der Waals surface area contributed by atoms with Crippen molar-refractivity contribution >= 4 is 23.5 Å². The van der Waals surface area contributed by atoms with Crippen molar-refractivity contribution in [3.05, 3.63) is 99.6 Å². The average Bonchev–Trinajstić information content (AvgIpc) is 3.12. The first kappa shape index (κ1) is 25.6. The lowest BCUT2D eigenvalue weighted by molar-refractivity contribution is -0.138. The number of rotatable bonds is 7. The molecule has 3 aromatic carbocycles. The maximum atomic E-state index is 13.2. The summed E-state index contributed by atoms with van der Waals surface area (Å²) in [5.41, 5.74) is 1.12. The van der Waals surface area contributed by atoms with Crippen molar-refractivity contribution in [2.75, 3.05) is 6.54 Å². The Hall–Kier alpha value is -3.52. The number of halogens is 4. The molecular weight excluding hydrogens is 495 g/mol. The Labute approximate surface area is 211 Å². The lowest BCUT2D eigenvalue weighted by Gasteiger charge is -2.24. The second-order valence-electron chi connectivity index (χ2n) is 9.11. The standard InChI is InChI=1S/C27H23ClF3NO4/c1-26(13-18-3-2-4-22(28)11-18)14-20-12-19(7-10-23(20)36-26)25(35)32(16-24(33)34)15-17-5-8-21(9-6-17)27(29,30)31/h2-12H,13-16H2,1H3,(H,33,34)/t26-/m1/s1. The number of carbonyl (C=O) groups is 2. The van der Waals surface area contributed by atoms with Gasteiger partial charge in [0.15, 0.2) is 0 Å². The summed E-state index contributed by atoms with van der Waals surface area (Å²) in [4.78, 5) is 25.7. The highest BCUT2D eigenvalue weighted by atomic mass is 35.5. The Kier molecular flexibility index (Phi) is 7.00. The second kappa shape index (κ2) is 9.85. The fourth-order valence-electron chi connectivity index (χ4n) is 4.40. The van der Waals surface area contributed by atoms with Gasteiger partial charge in [0, 0.05) is 30.0 Å². The molecule has 1 atom stereocenters. The van der Waals surface area contributed by atoms with E-state index < -0.39 is 35.8 Å². The molecule has 0 saturated carbocycles. The van der Waals surface area contributed by atoms with Crippen molar-refractivity contribution in [3.8, 4) is 5.75 Å². The van der Waals surface area contributed by atoms with Gasteiger partial charge in [0.05, 0.1) is 5.56 Å². The van der Waals surface area contributed by atoms with Crippen LogP contribution in [0.25, 0.3) is 0 Å². The molecule has 0 fully saturated rings. The molecule has 1 N–H and O–H groups in total. The molecule has 5 nitrogen and oxygen atoms in total. The van der Waals surface area contributed by atoms with E-state index >= 15 is 0 Å². The van der Waals surface area contributed by atoms with Crippen LogP contribution in [0.3, 0.4) is 0 Å². The van der Waals surface area contributed by atoms with Gasteiger partial charge < -0.3 is 14.7 Å². The van der Waals surface area contributed by atoms with Crippen LogP contribution < -0.4 is 4.74 Å². The zero-order chi connectivity index (χ0) is 26.1. The SMILES string of the molecule is C[C@@]1(Cc2cccc(Cl)c2)Cc2cc(C(=O)N(CC(=O)O)Cc3ccc(C(F)(F)F)cc3)ccc2O1. The lowest BCUT2D eigenvalue weighted by Crippen LogP contribution is -2.35. The van der Waals surface area contributed by atoms with Gasteiger partial charge in [-0.2, -0.15) is 13.2 Å². The Balaban J connectivity index is 1.52. The van der Waals surface area contributed by atoms with E-state index in [-0.39, 0.29) is 12.1 Å². The summed E-state index contributed by atoms with van der Waals surface area (Å²) < 4.78 is 44.7. The highest BCUT2D eigenvalue weighted by Crippen LogP contribution is 2.38. The van der Waals surface area contributed by atoms with Gasteiger partial charge in [-0.1, -0.05) is 35.9 Å². The molecule has 0 saturated heterocycles. The minimum atomic E-state index is -4.48. The molecular formula is C27H23ClF3NO4. The summed E-state index contributed by atoms with van der Waals surface area (Å²) in [6.07, 6.45) is -3.35. The van der Waals surface area contributed by atoms with Crippen LogP contribution >= 0.6 is 11.6 Å². The fraction of sp³-hybridized carbons (Fsp3) is 0.259. The number of fused-ring (bicyclic) bond motifs is 1. The van der Waals surface area contributed by atoms with Gasteiger partial charge in [0.25, 0.3) is 5.91 Å². The Morgan fingerprint density at radius 2 is 1.78 bits per heavy atom. The Morgan fingerprint density at radius 3 is 2.42 bits per heavy atom. The van der Waals surface area contributed by atoms with Crippen LogP contribution in [0.1, 0.15) is 39.5 Å². The van der Waals surface area contributed by atoms with Crippen molar-refractivity contribution < 1.29 is 32.6 Å². The predicted molar refractivity (Wildman–Crippen MR) is 128 cm³/mol. The molecule has 1 heterocycles. The maximum Gasteiger partial charge on any atom is 0.416 e. The average molecular weight is 518 g/mol. The van der Waals surface area contributed by atoms with Gasteiger partial charge in [-0.25, -0.2) is 0 Å². The number of benzene rings is 3. The zero-order valence-electron chi connectivity index (χ0n) is 19.3. The van der Waals surface area contributed by atoms with Crippen molar-refractivity contribution in [2.45, 2.75) is 38.1 Å².